The average molecular weight is 1080 g/mol. The van der Waals surface area contributed by atoms with Gasteiger partial charge < -0.3 is 104 Å². The van der Waals surface area contributed by atoms with Crippen molar-refractivity contribution < 1.29 is 109 Å². The van der Waals surface area contributed by atoms with Gasteiger partial charge in [-0.15, -0.1) is 0 Å². The van der Waals surface area contributed by atoms with Crippen molar-refractivity contribution in [2.75, 3.05) is 26.9 Å². The molecule has 0 spiro atoms. The SMILES string of the molecule is COC(=O)[C@H]1O[C@@H](O[C@H]2CC[C@]3(C)[C@H]4CC=C5[C@@H]6C[C@](C)(CO)[C@@H](O)[C@@H](O[C@@H]7OC[C@H](O)[C@H](O)[C@H]7O)[C@]6(C)CC[C@@]5(C)[C@]4(C)CC[C@H]3C2(C)C)[C@H](O[C@@H]2OC[C@H](O)[C@H](O)[C@H]2O[C@@H]2O[C@@H](C)[C@H](O)[C@@H](O)[C@H]2O)[C@@H](O)[C@@H]1O. The Morgan fingerprint density at radius 3 is 1.92 bits per heavy atom. The highest BCUT2D eigenvalue weighted by Gasteiger charge is 2.71. The second-order valence-corrected chi connectivity index (χ2v) is 25.7. The molecule has 9 rings (SSSR count). The summed E-state index contributed by atoms with van der Waals surface area (Å²) in [6.45, 7) is 15.8. The molecule has 4 aliphatic heterocycles. The topological polar surface area (TPSA) is 343 Å². The van der Waals surface area contributed by atoms with Crippen LogP contribution in [0.1, 0.15) is 107 Å². The summed E-state index contributed by atoms with van der Waals surface area (Å²) in [5.41, 5.74) is -1.66. The van der Waals surface area contributed by atoms with Gasteiger partial charge in [0.2, 0.25) is 0 Å². The molecule has 0 amide bonds. The van der Waals surface area contributed by atoms with Crippen LogP contribution in [0, 0.1) is 50.2 Å². The summed E-state index contributed by atoms with van der Waals surface area (Å²) in [6, 6.07) is 0. The first-order valence-electron chi connectivity index (χ1n) is 27.1. The summed E-state index contributed by atoms with van der Waals surface area (Å²) in [4.78, 5) is 13.1. The van der Waals surface area contributed by atoms with Gasteiger partial charge in [0.15, 0.2) is 31.3 Å². The van der Waals surface area contributed by atoms with Gasteiger partial charge in [-0.05, 0) is 97.7 Å². The molecule has 8 fully saturated rings. The molecule has 0 aromatic rings. The standard InChI is InChI=1S/C53H86O22/c1-22-30(57)33(60)37(64)45(70-22)73-39-32(59)26(56)20-69-46(39)74-40-35(62)34(61)38(43(66)67-9)72-47(40)71-29-13-14-51(6)27(48(29,2)3)12-15-53(8)28(51)11-10-23-24-18-49(4,21-54)41(65)42(50(24,5)16-17-52(23,53)7)75-44-36(63)31(58)25(55)19-68-44/h10,22,24-42,44-47,54-65H,11-21H2,1-9H3/t22-,24-,25-,26-,27-,28+,29-,30-,31-,32-,33+,34-,35-,36+,37+,38-,39+,40+,41-,42+,44-,45-,46-,47+,49+,50+,51-,52+,53+/m0/s1. The van der Waals surface area contributed by atoms with Gasteiger partial charge in [-0.3, -0.25) is 0 Å². The van der Waals surface area contributed by atoms with E-state index < -0.39 is 158 Å². The molecule has 0 aromatic carbocycles. The fourth-order valence-electron chi connectivity index (χ4n) is 16.2. The maximum atomic E-state index is 13.1. The normalized spacial score (nSPS) is 55.8. The minimum Gasteiger partial charge on any atom is -0.467 e. The van der Waals surface area contributed by atoms with Gasteiger partial charge in [-0.1, -0.05) is 60.1 Å². The Morgan fingerprint density at radius 2 is 1.25 bits per heavy atom. The Labute approximate surface area is 438 Å². The van der Waals surface area contributed by atoms with E-state index in [1.807, 2.05) is 6.92 Å². The minimum absolute atomic E-state index is 0.0782. The number of fused-ring (bicyclic) bond motifs is 7. The summed E-state index contributed by atoms with van der Waals surface area (Å²) in [6.07, 6.45) is -23.0. The van der Waals surface area contributed by atoms with E-state index in [1.54, 1.807) is 0 Å². The third kappa shape index (κ3) is 9.21. The van der Waals surface area contributed by atoms with Crippen LogP contribution in [0.3, 0.4) is 0 Å². The highest BCUT2D eigenvalue weighted by Crippen LogP contribution is 2.76. The van der Waals surface area contributed by atoms with E-state index in [4.69, 9.17) is 42.6 Å². The maximum absolute atomic E-state index is 13.1. The van der Waals surface area contributed by atoms with Gasteiger partial charge in [-0.25, -0.2) is 4.79 Å². The molecule has 22 heteroatoms. The van der Waals surface area contributed by atoms with E-state index in [0.717, 1.165) is 39.2 Å². The largest absolute Gasteiger partial charge is 0.467 e. The number of hydrogen-bond acceptors (Lipinski definition) is 22. The Kier molecular flexibility index (Phi) is 16.1. The molecule has 29 atom stereocenters. The summed E-state index contributed by atoms with van der Waals surface area (Å²) in [5.74, 6) is -0.818. The number of allylic oxidation sites excluding steroid dienone is 2. The van der Waals surface area contributed by atoms with Crippen LogP contribution in [0.25, 0.3) is 0 Å². The first-order valence-corrected chi connectivity index (χ1v) is 27.1. The van der Waals surface area contributed by atoms with Crippen LogP contribution in [-0.2, 0) is 47.4 Å². The number of carbonyl (C=O) groups is 1. The third-order valence-electron chi connectivity index (χ3n) is 21.3. The molecule has 4 heterocycles. The lowest BCUT2D eigenvalue weighted by atomic mass is 9.33. The lowest BCUT2D eigenvalue weighted by molar-refractivity contribution is -0.386. The van der Waals surface area contributed by atoms with Crippen molar-refractivity contribution in [3.63, 3.8) is 0 Å². The van der Waals surface area contributed by atoms with Crippen molar-refractivity contribution in [1.29, 1.82) is 0 Å². The molecule has 75 heavy (non-hydrogen) atoms. The third-order valence-corrected chi connectivity index (χ3v) is 21.3. The average Bonchev–Trinajstić information content (AvgIpc) is 3.37. The van der Waals surface area contributed by atoms with Crippen LogP contribution >= 0.6 is 0 Å². The van der Waals surface area contributed by atoms with Crippen molar-refractivity contribution in [3.8, 4) is 0 Å². The predicted octanol–water partition coefficient (Wildman–Crippen LogP) is -1.13. The molecule has 0 aromatic heterocycles. The highest BCUT2D eigenvalue weighted by atomic mass is 16.8. The maximum Gasteiger partial charge on any atom is 0.337 e. The number of ether oxygens (including phenoxy) is 9. The number of esters is 1. The van der Waals surface area contributed by atoms with E-state index in [0.29, 0.717) is 19.3 Å². The summed E-state index contributed by atoms with van der Waals surface area (Å²) < 4.78 is 54.0. The molecule has 0 unspecified atom stereocenters. The lowest BCUT2D eigenvalue weighted by Crippen LogP contribution is -2.69. The second kappa shape index (κ2) is 20.7. The molecular formula is C53H86O22. The molecule has 4 saturated carbocycles. The first-order chi connectivity index (χ1) is 35.0. The number of rotatable bonds is 10. The Bertz CT molecular complexity index is 2080. The van der Waals surface area contributed by atoms with Crippen molar-refractivity contribution in [2.24, 2.45) is 50.2 Å². The molecule has 430 valence electrons. The molecule has 0 radical (unpaired) electrons. The van der Waals surface area contributed by atoms with Crippen molar-refractivity contribution in [1.82, 2.24) is 0 Å². The van der Waals surface area contributed by atoms with Gasteiger partial charge in [0.25, 0.3) is 0 Å². The molecule has 5 aliphatic carbocycles. The Hall–Kier alpha value is -1.59. The molecule has 0 bridgehead atoms. The van der Waals surface area contributed by atoms with Crippen molar-refractivity contribution in [2.45, 2.75) is 236 Å². The molecule has 4 saturated heterocycles. The fraction of sp³-hybridized carbons (Fsp3) is 0.943. The summed E-state index contributed by atoms with van der Waals surface area (Å²) >= 11 is 0. The zero-order chi connectivity index (χ0) is 54.9. The van der Waals surface area contributed by atoms with Crippen molar-refractivity contribution >= 4 is 5.97 Å². The number of aliphatic hydroxyl groups is 12. The van der Waals surface area contributed by atoms with Crippen LogP contribution in [0.15, 0.2) is 11.6 Å². The highest BCUT2D eigenvalue weighted by molar-refractivity contribution is 5.75. The number of carbonyl (C=O) groups excluding carboxylic acids is 1. The Balaban J connectivity index is 0.972. The van der Waals surface area contributed by atoms with Gasteiger partial charge in [-0.2, -0.15) is 0 Å². The minimum atomic E-state index is -1.89. The van der Waals surface area contributed by atoms with E-state index in [1.165, 1.54) is 12.5 Å². The molecule has 9 aliphatic rings. The monoisotopic (exact) mass is 1070 g/mol. The van der Waals surface area contributed by atoms with Gasteiger partial charge >= 0.3 is 5.97 Å². The zero-order valence-electron chi connectivity index (χ0n) is 44.7. The van der Waals surface area contributed by atoms with Gasteiger partial charge in [0.05, 0.1) is 51.3 Å². The second-order valence-electron chi connectivity index (χ2n) is 25.7. The zero-order valence-corrected chi connectivity index (χ0v) is 44.7. The van der Waals surface area contributed by atoms with Crippen LogP contribution in [0.2, 0.25) is 0 Å². The quantitative estimate of drug-likeness (QED) is 0.0699. The number of methoxy groups -OCH3 is 1. The Morgan fingerprint density at radius 1 is 0.627 bits per heavy atom. The smallest absolute Gasteiger partial charge is 0.337 e. The van der Waals surface area contributed by atoms with Crippen LogP contribution in [0.5, 0.6) is 0 Å². The van der Waals surface area contributed by atoms with Crippen molar-refractivity contribution in [3.05, 3.63) is 11.6 Å². The van der Waals surface area contributed by atoms with Crippen LogP contribution in [0.4, 0.5) is 0 Å². The fourth-order valence-corrected chi connectivity index (χ4v) is 16.2. The van der Waals surface area contributed by atoms with Crippen LogP contribution in [-0.4, -0.2) is 223 Å². The molecule has 22 nitrogen and oxygen atoms in total. The number of hydrogen-bond donors (Lipinski definition) is 12. The van der Waals surface area contributed by atoms with Gasteiger partial charge in [0.1, 0.15) is 73.2 Å². The molecule has 12 N–H and O–H groups in total. The number of aliphatic hydroxyl groups excluding tert-OH is 12. The predicted molar refractivity (Wildman–Crippen MR) is 257 cm³/mol. The summed E-state index contributed by atoms with van der Waals surface area (Å²) in [5, 5.41) is 131. The van der Waals surface area contributed by atoms with E-state index in [2.05, 4.69) is 47.6 Å². The summed E-state index contributed by atoms with van der Waals surface area (Å²) in [7, 11) is 1.11. The van der Waals surface area contributed by atoms with E-state index in [9.17, 15) is 66.1 Å². The van der Waals surface area contributed by atoms with Gasteiger partial charge in [0, 0.05) is 10.8 Å². The molecular weight excluding hydrogens is 989 g/mol. The lowest BCUT2D eigenvalue weighted by Gasteiger charge is -2.72. The van der Waals surface area contributed by atoms with E-state index in [-0.39, 0.29) is 47.2 Å². The van der Waals surface area contributed by atoms with E-state index >= 15 is 0 Å². The first kappa shape index (κ1) is 58.1. The van der Waals surface area contributed by atoms with Crippen LogP contribution < -0.4 is 0 Å².